The first-order chi connectivity index (χ1) is 9.66. The maximum Gasteiger partial charge on any atom is 0.0696 e. The fourth-order valence-electron chi connectivity index (χ4n) is 2.86. The Morgan fingerprint density at radius 3 is 2.40 bits per heavy atom. The first-order valence-electron chi connectivity index (χ1n) is 6.78. The highest BCUT2D eigenvalue weighted by atomic mass is 14.8. The number of allylic oxidation sites excluding steroid dienone is 2. The second kappa shape index (κ2) is 4.97. The average Bonchev–Trinajstić information content (AvgIpc) is 3.07. The van der Waals surface area contributed by atoms with E-state index in [-0.39, 0.29) is 0 Å². The zero-order valence-electron chi connectivity index (χ0n) is 12.0. The molecule has 1 aliphatic rings. The van der Waals surface area contributed by atoms with Crippen molar-refractivity contribution in [2.75, 3.05) is 0 Å². The molecule has 0 radical (unpaired) electrons. The van der Waals surface area contributed by atoms with Crippen LogP contribution in [0.3, 0.4) is 0 Å². The van der Waals surface area contributed by atoms with Crippen molar-refractivity contribution in [2.45, 2.75) is 20.8 Å². The van der Waals surface area contributed by atoms with E-state index < -0.39 is 0 Å². The number of aromatic nitrogens is 1. The Hall–Kier alpha value is -2.35. The first-order valence-corrected chi connectivity index (χ1v) is 6.78. The van der Waals surface area contributed by atoms with E-state index in [4.69, 9.17) is 0 Å². The smallest absolute Gasteiger partial charge is 0.0696 e. The van der Waals surface area contributed by atoms with E-state index in [1.807, 2.05) is 36.7 Å². The molecule has 1 aliphatic heterocycles. The molecule has 20 heavy (non-hydrogen) atoms. The van der Waals surface area contributed by atoms with E-state index >= 15 is 0 Å². The lowest BCUT2D eigenvalue weighted by molar-refractivity contribution is 1.24. The van der Waals surface area contributed by atoms with E-state index in [2.05, 4.69) is 42.9 Å². The van der Waals surface area contributed by atoms with Crippen molar-refractivity contribution in [2.24, 2.45) is 4.99 Å². The van der Waals surface area contributed by atoms with Gasteiger partial charge < -0.3 is 4.98 Å². The van der Waals surface area contributed by atoms with E-state index in [0.29, 0.717) is 0 Å². The molecule has 1 aromatic heterocycles. The zero-order valence-corrected chi connectivity index (χ0v) is 12.0. The lowest BCUT2D eigenvalue weighted by Gasteiger charge is -2.19. The van der Waals surface area contributed by atoms with Gasteiger partial charge in [0.05, 0.1) is 5.70 Å². The molecule has 0 bridgehead atoms. The highest BCUT2D eigenvalue weighted by Gasteiger charge is 2.13. The Morgan fingerprint density at radius 1 is 1.10 bits per heavy atom. The predicted molar refractivity (Wildman–Crippen MR) is 84.1 cm³/mol. The lowest BCUT2D eigenvalue weighted by Crippen LogP contribution is -1.99. The van der Waals surface area contributed by atoms with Crippen molar-refractivity contribution in [1.29, 1.82) is 0 Å². The van der Waals surface area contributed by atoms with Crippen LogP contribution in [-0.4, -0.2) is 6.21 Å². The van der Waals surface area contributed by atoms with Crippen molar-refractivity contribution in [3.63, 3.8) is 0 Å². The molecule has 0 fully saturated rings. The van der Waals surface area contributed by atoms with Crippen LogP contribution in [-0.2, 0) is 0 Å². The standard InChI is InChI=1S/C18H17N2/c1-12-10-13(2)17(14(3)11-12)18(15-6-4-8-19-15)16-7-5-9-20-16/h4-11H,1-3H3/q-1/b18-15-. The summed E-state index contributed by atoms with van der Waals surface area (Å²) in [6.07, 6.45) is 7.67. The van der Waals surface area contributed by atoms with Gasteiger partial charge in [-0.25, -0.2) is 0 Å². The van der Waals surface area contributed by atoms with Gasteiger partial charge >= 0.3 is 0 Å². The van der Waals surface area contributed by atoms with Crippen molar-refractivity contribution in [1.82, 2.24) is 4.98 Å². The molecular weight excluding hydrogens is 244 g/mol. The number of nitrogens with zero attached hydrogens (tertiary/aromatic N) is 2. The molecule has 0 N–H and O–H groups in total. The van der Waals surface area contributed by atoms with Gasteiger partial charge in [0.15, 0.2) is 0 Å². The van der Waals surface area contributed by atoms with Gasteiger partial charge in [-0.2, -0.15) is 6.20 Å². The Labute approximate surface area is 119 Å². The van der Waals surface area contributed by atoms with E-state index in [9.17, 15) is 0 Å². The number of aryl methyl sites for hydroxylation is 3. The van der Waals surface area contributed by atoms with Crippen LogP contribution in [0, 0.1) is 20.8 Å². The van der Waals surface area contributed by atoms with Crippen LogP contribution in [0.2, 0.25) is 0 Å². The van der Waals surface area contributed by atoms with Gasteiger partial charge in [-0.15, -0.1) is 5.69 Å². The van der Waals surface area contributed by atoms with Crippen LogP contribution in [0.1, 0.15) is 27.9 Å². The molecule has 0 atom stereocenters. The van der Waals surface area contributed by atoms with Crippen molar-refractivity contribution in [3.05, 3.63) is 76.3 Å². The number of aliphatic imine (C=N–C) groups is 1. The molecule has 2 aromatic rings. The Bertz CT molecular complexity index is 692. The fourth-order valence-corrected chi connectivity index (χ4v) is 2.86. The zero-order chi connectivity index (χ0) is 14.1. The maximum absolute atomic E-state index is 4.48. The van der Waals surface area contributed by atoms with Crippen LogP contribution in [0.4, 0.5) is 0 Å². The molecular formula is C18H17N2-. The normalized spacial score (nSPS) is 15.9. The van der Waals surface area contributed by atoms with Crippen molar-refractivity contribution >= 4 is 11.8 Å². The molecule has 0 unspecified atom stereocenters. The number of benzene rings is 1. The van der Waals surface area contributed by atoms with Gasteiger partial charge in [0.25, 0.3) is 0 Å². The Balaban J connectivity index is 2.30. The number of hydrogen-bond donors (Lipinski definition) is 0. The molecule has 0 spiro atoms. The third-order valence-electron chi connectivity index (χ3n) is 3.55. The van der Waals surface area contributed by atoms with E-state index in [0.717, 1.165) is 17.0 Å². The minimum atomic E-state index is 0.985. The molecule has 100 valence electrons. The molecule has 3 rings (SSSR count). The van der Waals surface area contributed by atoms with Gasteiger partial charge in [0.1, 0.15) is 0 Å². The highest BCUT2D eigenvalue weighted by Crippen LogP contribution is 2.33. The van der Waals surface area contributed by atoms with Gasteiger partial charge in [0, 0.05) is 6.21 Å². The minimum Gasteiger partial charge on any atom is -0.664 e. The molecule has 0 saturated heterocycles. The highest BCUT2D eigenvalue weighted by molar-refractivity contribution is 5.89. The largest absolute Gasteiger partial charge is 0.664 e. The van der Waals surface area contributed by atoms with Gasteiger partial charge in [-0.3, -0.25) is 4.99 Å². The summed E-state index contributed by atoms with van der Waals surface area (Å²) in [7, 11) is 0. The van der Waals surface area contributed by atoms with Gasteiger partial charge in [-0.1, -0.05) is 29.8 Å². The summed E-state index contributed by atoms with van der Waals surface area (Å²) >= 11 is 0. The van der Waals surface area contributed by atoms with Crippen molar-refractivity contribution < 1.29 is 0 Å². The summed E-state index contributed by atoms with van der Waals surface area (Å²) < 4.78 is 0. The Morgan fingerprint density at radius 2 is 1.85 bits per heavy atom. The molecule has 0 saturated carbocycles. The summed E-state index contributed by atoms with van der Waals surface area (Å²) in [5.74, 6) is 0. The van der Waals surface area contributed by atoms with Gasteiger partial charge in [0.2, 0.25) is 0 Å². The van der Waals surface area contributed by atoms with Crippen LogP contribution in [0.25, 0.3) is 5.57 Å². The molecule has 2 nitrogen and oxygen atoms in total. The number of rotatable bonds is 2. The van der Waals surface area contributed by atoms with Crippen LogP contribution in [0.15, 0.2) is 53.3 Å². The SMILES string of the molecule is Cc1cc(C)c(/C(=C2/C=CC=N2)c2ccc[n-]2)c(C)c1. The molecule has 0 aliphatic carbocycles. The van der Waals surface area contributed by atoms with Crippen molar-refractivity contribution in [3.8, 4) is 0 Å². The van der Waals surface area contributed by atoms with Crippen LogP contribution < -0.4 is 4.98 Å². The molecule has 2 heterocycles. The summed E-state index contributed by atoms with van der Waals surface area (Å²) in [6.45, 7) is 6.44. The topological polar surface area (TPSA) is 26.5 Å². The number of hydrogen-bond acceptors (Lipinski definition) is 1. The fraction of sp³-hybridized carbons (Fsp3) is 0.167. The average molecular weight is 261 g/mol. The maximum atomic E-state index is 4.48. The quantitative estimate of drug-likeness (QED) is 0.803. The van der Waals surface area contributed by atoms with Crippen LogP contribution in [0.5, 0.6) is 0 Å². The summed E-state index contributed by atoms with van der Waals surface area (Å²) in [5.41, 5.74) is 8.15. The second-order valence-electron chi connectivity index (χ2n) is 5.19. The Kier molecular flexibility index (Phi) is 3.15. The molecule has 2 heteroatoms. The molecule has 0 amide bonds. The third-order valence-corrected chi connectivity index (χ3v) is 3.55. The summed E-state index contributed by atoms with van der Waals surface area (Å²) in [5, 5.41) is 0. The predicted octanol–water partition coefficient (Wildman–Crippen LogP) is 3.97. The third kappa shape index (κ3) is 2.14. The second-order valence-corrected chi connectivity index (χ2v) is 5.19. The summed E-state index contributed by atoms with van der Waals surface area (Å²) in [6, 6.07) is 8.45. The first kappa shape index (κ1) is 12.7. The molecule has 1 aromatic carbocycles. The lowest BCUT2D eigenvalue weighted by atomic mass is 9.91. The van der Waals surface area contributed by atoms with E-state index in [1.54, 1.807) is 0 Å². The van der Waals surface area contributed by atoms with Crippen LogP contribution >= 0.6 is 0 Å². The monoisotopic (exact) mass is 261 g/mol. The van der Waals surface area contributed by atoms with Gasteiger partial charge in [-0.05, 0) is 55.2 Å². The van der Waals surface area contributed by atoms with E-state index in [1.165, 1.54) is 22.3 Å². The summed E-state index contributed by atoms with van der Waals surface area (Å²) in [4.78, 5) is 8.95. The minimum absolute atomic E-state index is 0.985.